The molecule has 0 saturated carbocycles. The molecule has 7 nitrogen and oxygen atoms in total. The summed E-state index contributed by atoms with van der Waals surface area (Å²) < 4.78 is 13.4. The second-order valence-corrected chi connectivity index (χ2v) is 10.8. The van der Waals surface area contributed by atoms with E-state index in [0.717, 1.165) is 44.7 Å². The van der Waals surface area contributed by atoms with Crippen LogP contribution in [0.5, 0.6) is 0 Å². The second kappa shape index (κ2) is 9.90. The molecule has 0 aromatic carbocycles. The molecule has 0 bridgehead atoms. The van der Waals surface area contributed by atoms with Gasteiger partial charge in [-0.05, 0) is 59.5 Å². The van der Waals surface area contributed by atoms with Gasteiger partial charge in [-0.15, -0.1) is 0 Å². The van der Waals surface area contributed by atoms with E-state index in [0.29, 0.717) is 12.5 Å². The van der Waals surface area contributed by atoms with Crippen LogP contribution >= 0.6 is 0 Å². The normalized spacial score (nSPS) is 19.2. The molecule has 2 aliphatic rings. The van der Waals surface area contributed by atoms with Crippen molar-refractivity contribution < 1.29 is 14.3 Å². The number of piperidine rings is 1. The van der Waals surface area contributed by atoms with Crippen molar-refractivity contribution in [2.45, 2.75) is 83.8 Å². The number of carbonyl (C=O) groups is 1. The molecule has 2 saturated heterocycles. The van der Waals surface area contributed by atoms with Gasteiger partial charge in [-0.1, -0.05) is 13.8 Å². The number of hydrogen-bond donors (Lipinski definition) is 0. The van der Waals surface area contributed by atoms with Crippen LogP contribution in [-0.4, -0.2) is 77.5 Å². The molecular formula is C24H42N4O3. The number of rotatable bonds is 7. The molecule has 0 spiro atoms. The summed E-state index contributed by atoms with van der Waals surface area (Å²) in [5.74, 6) is 1.53. The van der Waals surface area contributed by atoms with E-state index in [-0.39, 0.29) is 11.5 Å². The molecule has 1 aromatic rings. The van der Waals surface area contributed by atoms with Crippen LogP contribution in [0, 0.1) is 0 Å². The Kier molecular flexibility index (Phi) is 7.68. The van der Waals surface area contributed by atoms with E-state index in [1.165, 1.54) is 31.8 Å². The molecule has 176 valence electrons. The number of carbonyl (C=O) groups excluding carboxylic acids is 1. The van der Waals surface area contributed by atoms with E-state index >= 15 is 0 Å². The monoisotopic (exact) mass is 434 g/mol. The van der Waals surface area contributed by atoms with Crippen LogP contribution in [0.1, 0.15) is 77.7 Å². The SMILES string of the molecule is COCC(C)(C)c1cn(CCN2CCCC2)c(C2CCN(C(=O)OC(C)(C)C)CC2)n1. The van der Waals surface area contributed by atoms with Crippen molar-refractivity contribution in [3.8, 4) is 0 Å². The van der Waals surface area contributed by atoms with Crippen LogP contribution in [-0.2, 0) is 21.4 Å². The third-order valence-electron chi connectivity index (χ3n) is 6.37. The highest BCUT2D eigenvalue weighted by atomic mass is 16.6. The molecule has 0 N–H and O–H groups in total. The summed E-state index contributed by atoms with van der Waals surface area (Å²) in [6, 6.07) is 0. The number of imidazole rings is 1. The zero-order valence-corrected chi connectivity index (χ0v) is 20.4. The van der Waals surface area contributed by atoms with Gasteiger partial charge in [0.2, 0.25) is 0 Å². The highest BCUT2D eigenvalue weighted by Crippen LogP contribution is 2.31. The smallest absolute Gasteiger partial charge is 0.410 e. The summed E-state index contributed by atoms with van der Waals surface area (Å²) in [4.78, 5) is 22.0. The van der Waals surface area contributed by atoms with E-state index in [4.69, 9.17) is 14.5 Å². The van der Waals surface area contributed by atoms with Crippen molar-refractivity contribution in [3.05, 3.63) is 17.7 Å². The molecule has 2 fully saturated rings. The molecular weight excluding hydrogens is 392 g/mol. The Hall–Kier alpha value is -1.60. The van der Waals surface area contributed by atoms with E-state index in [2.05, 4.69) is 29.5 Å². The number of likely N-dealkylation sites (tertiary alicyclic amines) is 2. The van der Waals surface area contributed by atoms with Gasteiger partial charge in [0.15, 0.2) is 0 Å². The summed E-state index contributed by atoms with van der Waals surface area (Å²) in [7, 11) is 1.75. The molecule has 3 rings (SSSR count). The Balaban J connectivity index is 1.71. The Morgan fingerprint density at radius 2 is 1.71 bits per heavy atom. The topological polar surface area (TPSA) is 59.8 Å². The minimum absolute atomic E-state index is 0.125. The van der Waals surface area contributed by atoms with Gasteiger partial charge >= 0.3 is 6.09 Å². The first-order valence-corrected chi connectivity index (χ1v) is 11.9. The number of ether oxygens (including phenoxy) is 2. The lowest BCUT2D eigenvalue weighted by molar-refractivity contribution is 0.0202. The lowest BCUT2D eigenvalue weighted by Gasteiger charge is -2.33. The minimum Gasteiger partial charge on any atom is -0.444 e. The predicted molar refractivity (Wildman–Crippen MR) is 123 cm³/mol. The quantitative estimate of drug-likeness (QED) is 0.649. The van der Waals surface area contributed by atoms with Crippen molar-refractivity contribution in [1.82, 2.24) is 19.4 Å². The standard InChI is InChI=1S/C24H42N4O3/c1-23(2,3)31-22(29)27-13-9-19(10-14-27)21-25-20(24(4,5)18-30-6)17-28(21)16-15-26-11-7-8-12-26/h17,19H,7-16,18H2,1-6H3. The second-order valence-electron chi connectivity index (χ2n) is 10.8. The van der Waals surface area contributed by atoms with Crippen LogP contribution in [0.2, 0.25) is 0 Å². The van der Waals surface area contributed by atoms with Crippen LogP contribution in [0.25, 0.3) is 0 Å². The Morgan fingerprint density at radius 1 is 1.06 bits per heavy atom. The van der Waals surface area contributed by atoms with E-state index in [1.807, 2.05) is 25.7 Å². The zero-order chi connectivity index (χ0) is 22.6. The van der Waals surface area contributed by atoms with Crippen molar-refractivity contribution in [1.29, 1.82) is 0 Å². The third kappa shape index (κ3) is 6.45. The number of hydrogen-bond acceptors (Lipinski definition) is 5. The first-order chi connectivity index (χ1) is 14.6. The average molecular weight is 435 g/mol. The Morgan fingerprint density at radius 3 is 2.29 bits per heavy atom. The molecule has 1 aromatic heterocycles. The van der Waals surface area contributed by atoms with Gasteiger partial charge in [0.25, 0.3) is 0 Å². The van der Waals surface area contributed by atoms with Gasteiger partial charge in [-0.25, -0.2) is 9.78 Å². The fourth-order valence-electron chi connectivity index (χ4n) is 4.60. The summed E-state index contributed by atoms with van der Waals surface area (Å²) in [6.07, 6.45) is 6.50. The zero-order valence-electron chi connectivity index (χ0n) is 20.4. The molecule has 0 aliphatic carbocycles. The van der Waals surface area contributed by atoms with Crippen molar-refractivity contribution in [3.63, 3.8) is 0 Å². The molecule has 7 heteroatoms. The Bertz CT molecular complexity index is 724. The maximum Gasteiger partial charge on any atom is 0.410 e. The van der Waals surface area contributed by atoms with E-state index in [1.54, 1.807) is 7.11 Å². The number of aromatic nitrogens is 2. The molecule has 2 aliphatic heterocycles. The lowest BCUT2D eigenvalue weighted by Crippen LogP contribution is -2.41. The summed E-state index contributed by atoms with van der Waals surface area (Å²) in [6.45, 7) is 16.7. The van der Waals surface area contributed by atoms with Crippen LogP contribution in [0.3, 0.4) is 0 Å². The van der Waals surface area contributed by atoms with Crippen LogP contribution in [0.15, 0.2) is 6.20 Å². The summed E-state index contributed by atoms with van der Waals surface area (Å²) in [5.41, 5.74) is 0.515. The highest BCUT2D eigenvalue weighted by Gasteiger charge is 2.32. The van der Waals surface area contributed by atoms with Gasteiger partial charge in [0, 0.05) is 50.8 Å². The molecule has 0 unspecified atom stereocenters. The molecule has 0 radical (unpaired) electrons. The molecule has 0 atom stereocenters. The maximum absolute atomic E-state index is 12.4. The fourth-order valence-corrected chi connectivity index (χ4v) is 4.60. The van der Waals surface area contributed by atoms with E-state index in [9.17, 15) is 4.79 Å². The number of amides is 1. The van der Waals surface area contributed by atoms with Gasteiger partial charge in [0.05, 0.1) is 12.3 Å². The summed E-state index contributed by atoms with van der Waals surface area (Å²) in [5, 5.41) is 0. The molecule has 1 amide bonds. The maximum atomic E-state index is 12.4. The fraction of sp³-hybridized carbons (Fsp3) is 0.833. The highest BCUT2D eigenvalue weighted by molar-refractivity contribution is 5.68. The average Bonchev–Trinajstić information content (AvgIpc) is 3.35. The molecule has 31 heavy (non-hydrogen) atoms. The van der Waals surface area contributed by atoms with Gasteiger partial charge < -0.3 is 23.8 Å². The third-order valence-corrected chi connectivity index (χ3v) is 6.37. The van der Waals surface area contributed by atoms with Crippen molar-refractivity contribution in [2.75, 3.05) is 46.4 Å². The molecule has 3 heterocycles. The summed E-state index contributed by atoms with van der Waals surface area (Å²) >= 11 is 0. The van der Waals surface area contributed by atoms with Gasteiger partial charge in [0.1, 0.15) is 11.4 Å². The van der Waals surface area contributed by atoms with Crippen LogP contribution in [0.4, 0.5) is 4.79 Å². The minimum atomic E-state index is -0.457. The van der Waals surface area contributed by atoms with Crippen LogP contribution < -0.4 is 0 Å². The predicted octanol–water partition coefficient (Wildman–Crippen LogP) is 4.02. The largest absolute Gasteiger partial charge is 0.444 e. The first-order valence-electron chi connectivity index (χ1n) is 11.9. The number of nitrogens with zero attached hydrogens (tertiary/aromatic N) is 4. The van der Waals surface area contributed by atoms with Crippen molar-refractivity contribution >= 4 is 6.09 Å². The number of methoxy groups -OCH3 is 1. The van der Waals surface area contributed by atoms with Crippen molar-refractivity contribution in [2.24, 2.45) is 0 Å². The lowest BCUT2D eigenvalue weighted by atomic mass is 9.91. The van der Waals surface area contributed by atoms with E-state index < -0.39 is 5.60 Å². The van der Waals surface area contributed by atoms with Gasteiger partial charge in [-0.2, -0.15) is 0 Å². The first kappa shape index (κ1) is 24.1. The Labute approximate surface area is 188 Å². The van der Waals surface area contributed by atoms with Gasteiger partial charge in [-0.3, -0.25) is 0 Å².